The molecule has 0 aliphatic carbocycles. The summed E-state index contributed by atoms with van der Waals surface area (Å²) in [7, 11) is -10.0. The zero-order chi connectivity index (χ0) is 10.9. The molecule has 0 amide bonds. The van der Waals surface area contributed by atoms with Crippen LogP contribution in [-0.4, -0.2) is 23.9 Å². The molecule has 0 atom stereocenters. The maximum Gasteiger partial charge on any atom is 0.358 e. The number of alkyl halides is 1. The fourth-order valence-electron chi connectivity index (χ4n) is 0.779. The zero-order valence-electron chi connectivity index (χ0n) is 6.79. The van der Waals surface area contributed by atoms with Crippen molar-refractivity contribution in [2.75, 3.05) is 0 Å². The molecule has 13 heavy (non-hydrogen) atoms. The van der Waals surface area contributed by atoms with Crippen molar-refractivity contribution in [3.63, 3.8) is 0 Å². The van der Waals surface area contributed by atoms with Crippen LogP contribution in [0.25, 0.3) is 0 Å². The van der Waals surface area contributed by atoms with Gasteiger partial charge < -0.3 is 19.6 Å². The molecule has 80 valence electrons. The van der Waals surface area contributed by atoms with E-state index in [0.717, 1.165) is 0 Å². The van der Waals surface area contributed by atoms with Crippen LogP contribution in [-0.2, 0) is 9.13 Å². The highest BCUT2D eigenvalue weighted by Crippen LogP contribution is 2.73. The van der Waals surface area contributed by atoms with Gasteiger partial charge in [-0.25, -0.2) is 0 Å². The van der Waals surface area contributed by atoms with Gasteiger partial charge in [0.25, 0.3) is 0 Å². The SMILES string of the molecule is CCCC(Cl)(P(=O)(O)O)P(=O)(O)O. The van der Waals surface area contributed by atoms with E-state index in [-0.39, 0.29) is 6.42 Å². The van der Waals surface area contributed by atoms with Gasteiger partial charge >= 0.3 is 15.2 Å². The van der Waals surface area contributed by atoms with E-state index >= 15 is 0 Å². The summed E-state index contributed by atoms with van der Waals surface area (Å²) in [4.78, 5) is 34.8. The summed E-state index contributed by atoms with van der Waals surface area (Å²) in [6, 6.07) is 0. The lowest BCUT2D eigenvalue weighted by atomic mass is 10.4. The van der Waals surface area contributed by atoms with Crippen LogP contribution in [0.4, 0.5) is 0 Å². The Labute approximate surface area is 80.2 Å². The van der Waals surface area contributed by atoms with Crippen LogP contribution >= 0.6 is 26.8 Å². The minimum atomic E-state index is -5.02. The molecule has 0 aromatic rings. The normalized spacial score (nSPS) is 14.6. The van der Waals surface area contributed by atoms with Crippen molar-refractivity contribution < 1.29 is 28.7 Å². The van der Waals surface area contributed by atoms with Crippen LogP contribution in [0.1, 0.15) is 19.8 Å². The Bertz CT molecular complexity index is 244. The van der Waals surface area contributed by atoms with Gasteiger partial charge in [0.05, 0.1) is 0 Å². The molecule has 0 bridgehead atoms. The molecule has 0 unspecified atom stereocenters. The molecule has 0 aliphatic rings. The molecule has 0 aromatic heterocycles. The van der Waals surface area contributed by atoms with E-state index in [1.165, 1.54) is 6.92 Å². The van der Waals surface area contributed by atoms with Gasteiger partial charge in [0.2, 0.25) is 4.36 Å². The second-order valence-corrected chi connectivity index (χ2v) is 7.79. The van der Waals surface area contributed by atoms with Crippen LogP contribution in [0.3, 0.4) is 0 Å². The Morgan fingerprint density at radius 2 is 1.46 bits per heavy atom. The molecule has 0 aromatic carbocycles. The largest absolute Gasteiger partial charge is 0.358 e. The molecule has 6 nitrogen and oxygen atoms in total. The molecule has 0 radical (unpaired) electrons. The minimum Gasteiger partial charge on any atom is -0.323 e. The summed E-state index contributed by atoms with van der Waals surface area (Å²) < 4.78 is 18.8. The minimum absolute atomic E-state index is 0.166. The number of halogens is 1. The summed E-state index contributed by atoms with van der Waals surface area (Å²) in [6.45, 7) is 1.52. The molecule has 0 saturated carbocycles. The number of hydrogen-bond acceptors (Lipinski definition) is 2. The third kappa shape index (κ3) is 2.77. The van der Waals surface area contributed by atoms with Gasteiger partial charge in [-0.2, -0.15) is 0 Å². The first-order chi connectivity index (χ1) is 5.56. The molecule has 0 rings (SSSR count). The summed E-state index contributed by atoms with van der Waals surface area (Å²) in [5, 5.41) is 0. The Morgan fingerprint density at radius 1 is 1.15 bits per heavy atom. The molecular formula is C4H11ClO6P2. The van der Waals surface area contributed by atoms with Crippen LogP contribution in [0.5, 0.6) is 0 Å². The predicted molar refractivity (Wildman–Crippen MR) is 47.6 cm³/mol. The van der Waals surface area contributed by atoms with Gasteiger partial charge in [-0.05, 0) is 6.42 Å². The standard InChI is InChI=1S/C4H11ClO6P2/c1-2-3-4(5,12(6,7)8)13(9,10)11/h2-3H2,1H3,(H2,6,7,8)(H2,9,10,11). The topological polar surface area (TPSA) is 115 Å². The average Bonchev–Trinajstić information content (AvgIpc) is 1.82. The summed E-state index contributed by atoms with van der Waals surface area (Å²) >= 11 is 5.27. The second kappa shape index (κ2) is 3.99. The maximum absolute atomic E-state index is 10.8. The van der Waals surface area contributed by atoms with Gasteiger partial charge in [0.1, 0.15) is 0 Å². The van der Waals surface area contributed by atoms with E-state index in [1.807, 2.05) is 0 Å². The Balaban J connectivity index is 5.22. The maximum atomic E-state index is 10.8. The van der Waals surface area contributed by atoms with Crippen LogP contribution in [0.15, 0.2) is 0 Å². The lowest BCUT2D eigenvalue weighted by Gasteiger charge is -2.27. The van der Waals surface area contributed by atoms with E-state index < -0.39 is 26.0 Å². The third-order valence-corrected chi connectivity index (χ3v) is 6.77. The molecule has 4 N–H and O–H groups in total. The van der Waals surface area contributed by atoms with Gasteiger partial charge in [-0.15, -0.1) is 0 Å². The highest BCUT2D eigenvalue weighted by molar-refractivity contribution is 7.75. The summed E-state index contributed by atoms with van der Waals surface area (Å²) in [5.74, 6) is 0. The van der Waals surface area contributed by atoms with E-state index in [4.69, 9.17) is 31.2 Å². The number of rotatable bonds is 4. The number of hydrogen-bond donors (Lipinski definition) is 4. The first kappa shape index (κ1) is 13.6. The van der Waals surface area contributed by atoms with Gasteiger partial charge in [0.15, 0.2) is 0 Å². The van der Waals surface area contributed by atoms with Gasteiger partial charge in [-0.1, -0.05) is 24.9 Å². The van der Waals surface area contributed by atoms with E-state index in [1.54, 1.807) is 0 Å². The predicted octanol–water partition coefficient (Wildman–Crippen LogP) is 1.03. The molecule has 0 aliphatic heterocycles. The highest BCUT2D eigenvalue weighted by Gasteiger charge is 2.58. The van der Waals surface area contributed by atoms with Crippen molar-refractivity contribution in [2.45, 2.75) is 24.1 Å². The van der Waals surface area contributed by atoms with Crippen molar-refractivity contribution in [1.29, 1.82) is 0 Å². The Hall–Kier alpha value is 0.590. The first-order valence-electron chi connectivity index (χ1n) is 3.36. The summed E-state index contributed by atoms with van der Waals surface area (Å²) in [6.07, 6.45) is -0.275. The quantitative estimate of drug-likeness (QED) is 0.439. The molecule has 0 saturated heterocycles. The Morgan fingerprint density at radius 3 is 1.54 bits per heavy atom. The van der Waals surface area contributed by atoms with Crippen molar-refractivity contribution in [2.24, 2.45) is 0 Å². The molecule has 0 fully saturated rings. The van der Waals surface area contributed by atoms with Crippen LogP contribution in [0, 0.1) is 0 Å². The van der Waals surface area contributed by atoms with Crippen LogP contribution < -0.4 is 0 Å². The van der Waals surface area contributed by atoms with E-state index in [0.29, 0.717) is 0 Å². The molecule has 0 spiro atoms. The van der Waals surface area contributed by atoms with Crippen molar-refractivity contribution in [1.82, 2.24) is 0 Å². The van der Waals surface area contributed by atoms with E-state index in [2.05, 4.69) is 0 Å². The Kier molecular flexibility index (Phi) is 4.17. The van der Waals surface area contributed by atoms with Gasteiger partial charge in [0, 0.05) is 0 Å². The molecule has 0 heterocycles. The van der Waals surface area contributed by atoms with Gasteiger partial charge in [-0.3, -0.25) is 9.13 Å². The lowest BCUT2D eigenvalue weighted by molar-refractivity contribution is 0.325. The smallest absolute Gasteiger partial charge is 0.323 e. The van der Waals surface area contributed by atoms with Crippen molar-refractivity contribution in [3.8, 4) is 0 Å². The summed E-state index contributed by atoms with van der Waals surface area (Å²) in [5.41, 5.74) is 0. The van der Waals surface area contributed by atoms with Crippen molar-refractivity contribution >= 4 is 26.8 Å². The molecular weight excluding hydrogens is 241 g/mol. The fourth-order valence-corrected chi connectivity index (χ4v) is 3.36. The molecule has 9 heteroatoms. The highest BCUT2D eigenvalue weighted by atomic mass is 35.5. The zero-order valence-corrected chi connectivity index (χ0v) is 9.34. The van der Waals surface area contributed by atoms with E-state index in [9.17, 15) is 9.13 Å². The lowest BCUT2D eigenvalue weighted by Crippen LogP contribution is -2.21. The first-order valence-corrected chi connectivity index (χ1v) is 6.96. The monoisotopic (exact) mass is 252 g/mol. The third-order valence-electron chi connectivity index (χ3n) is 1.46. The van der Waals surface area contributed by atoms with Crippen LogP contribution in [0.2, 0.25) is 0 Å². The second-order valence-electron chi connectivity index (χ2n) is 2.56. The van der Waals surface area contributed by atoms with Crippen molar-refractivity contribution in [3.05, 3.63) is 0 Å². The average molecular weight is 253 g/mol. The fraction of sp³-hybridized carbons (Fsp3) is 1.00.